The second-order valence-corrected chi connectivity index (χ2v) is 7.35. The number of fused-ring (bicyclic) bond motifs is 1. The van der Waals surface area contributed by atoms with E-state index in [1.54, 1.807) is 0 Å². The fourth-order valence-electron chi connectivity index (χ4n) is 3.92. The lowest BCUT2D eigenvalue weighted by atomic mass is 9.81. The third kappa shape index (κ3) is 4.22. The summed E-state index contributed by atoms with van der Waals surface area (Å²) in [7, 11) is 0. The van der Waals surface area contributed by atoms with E-state index < -0.39 is 12.5 Å². The molecule has 0 radical (unpaired) electrons. The Kier molecular flexibility index (Phi) is 5.55. The molecule has 2 atom stereocenters. The minimum Gasteiger partial charge on any atom is -0.456 e. The number of likely N-dealkylation sites (tertiary alicyclic amines) is 1. The predicted octanol–water partition coefficient (Wildman–Crippen LogP) is 1.42. The molecule has 1 aliphatic carbocycles. The molecule has 1 aliphatic heterocycles. The van der Waals surface area contributed by atoms with Crippen LogP contribution >= 0.6 is 0 Å². The highest BCUT2D eigenvalue weighted by Crippen LogP contribution is 2.37. The first-order valence-corrected chi connectivity index (χ1v) is 9.84. The van der Waals surface area contributed by atoms with Crippen molar-refractivity contribution in [2.75, 3.05) is 17.6 Å². The van der Waals surface area contributed by atoms with Crippen molar-refractivity contribution >= 4 is 35.4 Å². The minimum atomic E-state index is -0.702. The standard InChI is InChI=1S/C20H22N6O4/c21-19-23-15(24-20(25-19)22-12-6-2-1-3-7-12)11-30-16(27)10-26-17(28)13-8-4-5-9-14(13)18(26)29/h1-3,6-7,13-14H,4-5,8-11H2,(H3,21,22,23,24,25). The maximum atomic E-state index is 12.5. The average Bonchev–Trinajstić information content (AvgIpc) is 2.98. The van der Waals surface area contributed by atoms with Gasteiger partial charge in [-0.15, -0.1) is 0 Å². The zero-order chi connectivity index (χ0) is 21.1. The van der Waals surface area contributed by atoms with Gasteiger partial charge < -0.3 is 15.8 Å². The summed E-state index contributed by atoms with van der Waals surface area (Å²) in [6.07, 6.45) is 3.25. The van der Waals surface area contributed by atoms with Crippen molar-refractivity contribution in [3.05, 3.63) is 36.2 Å². The fourth-order valence-corrected chi connectivity index (χ4v) is 3.92. The predicted molar refractivity (Wildman–Crippen MR) is 106 cm³/mol. The van der Waals surface area contributed by atoms with Crippen LogP contribution in [0.15, 0.2) is 30.3 Å². The van der Waals surface area contributed by atoms with Crippen LogP contribution in [-0.2, 0) is 25.7 Å². The number of carbonyl (C=O) groups excluding carboxylic acids is 3. The van der Waals surface area contributed by atoms with Gasteiger partial charge in [0.25, 0.3) is 0 Å². The highest BCUT2D eigenvalue weighted by Gasteiger charge is 2.48. The summed E-state index contributed by atoms with van der Waals surface area (Å²) >= 11 is 0. The summed E-state index contributed by atoms with van der Waals surface area (Å²) in [4.78, 5) is 50.3. The molecule has 2 fully saturated rings. The van der Waals surface area contributed by atoms with Crippen LogP contribution in [-0.4, -0.2) is 44.2 Å². The summed E-state index contributed by atoms with van der Waals surface area (Å²) < 4.78 is 5.18. The summed E-state index contributed by atoms with van der Waals surface area (Å²) in [5, 5.41) is 2.99. The number of aromatic nitrogens is 3. The molecule has 3 N–H and O–H groups in total. The molecule has 1 saturated carbocycles. The number of para-hydroxylation sites is 1. The number of carbonyl (C=O) groups is 3. The second-order valence-electron chi connectivity index (χ2n) is 7.35. The number of imide groups is 1. The van der Waals surface area contributed by atoms with Gasteiger partial charge in [-0.25, -0.2) is 0 Å². The molecule has 4 rings (SSSR count). The summed E-state index contributed by atoms with van der Waals surface area (Å²) in [5.41, 5.74) is 6.48. The topological polar surface area (TPSA) is 140 Å². The van der Waals surface area contributed by atoms with E-state index in [1.165, 1.54) is 0 Å². The zero-order valence-electron chi connectivity index (χ0n) is 16.3. The number of nitrogen functional groups attached to an aromatic ring is 1. The number of rotatable bonds is 6. The molecule has 1 saturated heterocycles. The third-order valence-electron chi connectivity index (χ3n) is 5.31. The number of hydrogen-bond acceptors (Lipinski definition) is 9. The van der Waals surface area contributed by atoms with E-state index in [1.807, 2.05) is 30.3 Å². The third-order valence-corrected chi connectivity index (χ3v) is 5.31. The van der Waals surface area contributed by atoms with Crippen LogP contribution in [0.2, 0.25) is 0 Å². The number of anilines is 3. The molecule has 2 aliphatic rings. The van der Waals surface area contributed by atoms with E-state index in [9.17, 15) is 14.4 Å². The first kappa shape index (κ1) is 19.7. The van der Waals surface area contributed by atoms with Crippen LogP contribution < -0.4 is 11.1 Å². The van der Waals surface area contributed by atoms with Gasteiger partial charge >= 0.3 is 5.97 Å². The molecule has 2 unspecified atom stereocenters. The Morgan fingerprint density at radius 2 is 1.73 bits per heavy atom. The Bertz CT molecular complexity index is 943. The summed E-state index contributed by atoms with van der Waals surface area (Å²) in [6, 6.07) is 9.25. The molecule has 30 heavy (non-hydrogen) atoms. The smallest absolute Gasteiger partial charge is 0.326 e. The number of nitrogens with two attached hydrogens (primary N) is 1. The Hall–Kier alpha value is -3.56. The molecule has 10 heteroatoms. The van der Waals surface area contributed by atoms with Gasteiger partial charge in [-0.1, -0.05) is 31.0 Å². The van der Waals surface area contributed by atoms with Gasteiger partial charge in [0, 0.05) is 5.69 Å². The number of nitrogens with one attached hydrogen (secondary N) is 1. The fraction of sp³-hybridized carbons (Fsp3) is 0.400. The lowest BCUT2D eigenvalue weighted by Crippen LogP contribution is -2.36. The van der Waals surface area contributed by atoms with Gasteiger partial charge in [0.15, 0.2) is 12.4 Å². The SMILES string of the molecule is Nc1nc(COC(=O)CN2C(=O)C3CCCCC3C2=O)nc(Nc2ccccc2)n1. The molecule has 1 aromatic heterocycles. The lowest BCUT2D eigenvalue weighted by molar-refractivity contribution is -0.154. The number of esters is 1. The summed E-state index contributed by atoms with van der Waals surface area (Å²) in [6.45, 7) is -0.654. The van der Waals surface area contributed by atoms with E-state index in [2.05, 4.69) is 20.3 Å². The van der Waals surface area contributed by atoms with Crippen LogP contribution in [0, 0.1) is 11.8 Å². The van der Waals surface area contributed by atoms with E-state index in [4.69, 9.17) is 10.5 Å². The number of ether oxygens (including phenoxy) is 1. The van der Waals surface area contributed by atoms with Crippen molar-refractivity contribution in [2.45, 2.75) is 32.3 Å². The highest BCUT2D eigenvalue weighted by atomic mass is 16.5. The Morgan fingerprint density at radius 3 is 2.40 bits per heavy atom. The highest BCUT2D eigenvalue weighted by molar-refractivity contribution is 6.07. The molecule has 156 valence electrons. The maximum Gasteiger partial charge on any atom is 0.326 e. The molecule has 1 aromatic carbocycles. The zero-order valence-corrected chi connectivity index (χ0v) is 16.3. The van der Waals surface area contributed by atoms with Crippen LogP contribution in [0.5, 0.6) is 0 Å². The number of amides is 2. The number of benzene rings is 1. The Morgan fingerprint density at radius 1 is 1.07 bits per heavy atom. The lowest BCUT2D eigenvalue weighted by Gasteiger charge is -2.19. The van der Waals surface area contributed by atoms with Crippen molar-refractivity contribution < 1.29 is 19.1 Å². The maximum absolute atomic E-state index is 12.5. The van der Waals surface area contributed by atoms with Gasteiger partial charge in [0.05, 0.1) is 11.8 Å². The van der Waals surface area contributed by atoms with E-state index in [-0.39, 0.29) is 48.0 Å². The average molecular weight is 410 g/mol. The van der Waals surface area contributed by atoms with E-state index in [0.717, 1.165) is 23.4 Å². The van der Waals surface area contributed by atoms with Gasteiger partial charge in [-0.2, -0.15) is 15.0 Å². The van der Waals surface area contributed by atoms with Crippen molar-refractivity contribution in [2.24, 2.45) is 11.8 Å². The monoisotopic (exact) mass is 410 g/mol. The normalized spacial score (nSPS) is 20.7. The molecule has 0 bridgehead atoms. The molecule has 0 spiro atoms. The molecule has 2 amide bonds. The Balaban J connectivity index is 1.36. The van der Waals surface area contributed by atoms with Crippen molar-refractivity contribution in [3.63, 3.8) is 0 Å². The van der Waals surface area contributed by atoms with Crippen LogP contribution in [0.25, 0.3) is 0 Å². The summed E-state index contributed by atoms with van der Waals surface area (Å²) in [5.74, 6) is -1.50. The van der Waals surface area contributed by atoms with Crippen molar-refractivity contribution in [1.82, 2.24) is 19.9 Å². The van der Waals surface area contributed by atoms with Crippen LogP contribution in [0.1, 0.15) is 31.5 Å². The first-order chi connectivity index (χ1) is 14.5. The molecule has 10 nitrogen and oxygen atoms in total. The molecular weight excluding hydrogens is 388 g/mol. The first-order valence-electron chi connectivity index (χ1n) is 9.84. The molecule has 2 heterocycles. The number of nitrogens with zero attached hydrogens (tertiary/aromatic N) is 4. The van der Waals surface area contributed by atoms with Gasteiger partial charge in [0.1, 0.15) is 6.54 Å². The van der Waals surface area contributed by atoms with Gasteiger partial charge in [-0.05, 0) is 25.0 Å². The molecule has 2 aromatic rings. The van der Waals surface area contributed by atoms with Crippen LogP contribution in [0.4, 0.5) is 17.6 Å². The van der Waals surface area contributed by atoms with E-state index in [0.29, 0.717) is 12.8 Å². The minimum absolute atomic E-state index is 0.0246. The largest absolute Gasteiger partial charge is 0.456 e. The van der Waals surface area contributed by atoms with E-state index >= 15 is 0 Å². The molecular formula is C20H22N6O4. The Labute approximate surface area is 172 Å². The quantitative estimate of drug-likeness (QED) is 0.534. The van der Waals surface area contributed by atoms with Crippen molar-refractivity contribution in [3.8, 4) is 0 Å². The van der Waals surface area contributed by atoms with Gasteiger partial charge in [-0.3, -0.25) is 19.3 Å². The second kappa shape index (κ2) is 8.44. The van der Waals surface area contributed by atoms with Crippen molar-refractivity contribution in [1.29, 1.82) is 0 Å². The van der Waals surface area contributed by atoms with Crippen LogP contribution in [0.3, 0.4) is 0 Å². The van der Waals surface area contributed by atoms with Gasteiger partial charge in [0.2, 0.25) is 23.7 Å². The number of hydrogen-bond donors (Lipinski definition) is 2.